The van der Waals surface area contributed by atoms with Crippen molar-refractivity contribution < 1.29 is 18.7 Å². The van der Waals surface area contributed by atoms with Crippen LogP contribution in [0.1, 0.15) is 24.4 Å². The molecule has 2 N–H and O–H groups in total. The maximum atomic E-state index is 13.8. The zero-order chi connectivity index (χ0) is 22.3. The van der Waals surface area contributed by atoms with E-state index in [0.29, 0.717) is 29.6 Å². The van der Waals surface area contributed by atoms with Gasteiger partial charge in [0.25, 0.3) is 0 Å². The SMILES string of the molecule is C=O.COCC[C@H]1C[C@@H](N=C(N)N(C)C)c2cc(-c3cc(F)cc(Cl)c3)ccc2O1. The van der Waals surface area contributed by atoms with Crippen LogP contribution in [0.2, 0.25) is 5.02 Å². The highest BCUT2D eigenvalue weighted by molar-refractivity contribution is 6.30. The molecule has 0 amide bonds. The maximum absolute atomic E-state index is 13.8. The zero-order valence-electron chi connectivity index (χ0n) is 17.4. The van der Waals surface area contributed by atoms with E-state index in [0.717, 1.165) is 23.3 Å². The molecule has 1 aliphatic heterocycles. The summed E-state index contributed by atoms with van der Waals surface area (Å²) in [5, 5.41) is 0.357. The van der Waals surface area contributed by atoms with Gasteiger partial charge in [0.2, 0.25) is 0 Å². The molecule has 0 bridgehead atoms. The topological polar surface area (TPSA) is 77.1 Å². The van der Waals surface area contributed by atoms with E-state index in [1.807, 2.05) is 39.1 Å². The van der Waals surface area contributed by atoms with Gasteiger partial charge < -0.3 is 24.9 Å². The Morgan fingerprint density at radius 2 is 2.03 bits per heavy atom. The second-order valence-corrected chi connectivity index (χ2v) is 7.50. The number of carbonyl (C=O) groups excluding carboxylic acids is 1. The summed E-state index contributed by atoms with van der Waals surface area (Å²) in [5.74, 6) is 0.837. The second-order valence-electron chi connectivity index (χ2n) is 7.07. The molecule has 0 aliphatic carbocycles. The summed E-state index contributed by atoms with van der Waals surface area (Å²) in [5.41, 5.74) is 8.57. The number of ether oxygens (including phenoxy) is 2. The summed E-state index contributed by atoms with van der Waals surface area (Å²) in [6.45, 7) is 2.61. The highest BCUT2D eigenvalue weighted by Gasteiger charge is 2.29. The van der Waals surface area contributed by atoms with E-state index in [4.69, 9.17) is 36.6 Å². The number of carbonyl (C=O) groups is 1. The maximum Gasteiger partial charge on any atom is 0.191 e. The Hall–Kier alpha value is -2.64. The molecule has 162 valence electrons. The van der Waals surface area contributed by atoms with Crippen LogP contribution < -0.4 is 10.5 Å². The van der Waals surface area contributed by atoms with Crippen molar-refractivity contribution in [3.63, 3.8) is 0 Å². The molecular weight excluding hydrogens is 409 g/mol. The number of rotatable bonds is 5. The van der Waals surface area contributed by atoms with Gasteiger partial charge in [0.05, 0.1) is 6.04 Å². The standard InChI is InChI=1S/C21H25ClFN3O2.CH2O/c1-26(2)21(24)25-19-12-17(6-7-27-3)28-20-5-4-13(10-18(19)20)14-8-15(22)11-16(23)9-14;1-2/h4-5,8-11,17,19H,6-7,12H2,1-3H3,(H2,24,25);1H2/t17-,19+;/m0./s1. The number of nitrogens with two attached hydrogens (primary N) is 1. The van der Waals surface area contributed by atoms with Crippen molar-refractivity contribution in [2.75, 3.05) is 27.8 Å². The van der Waals surface area contributed by atoms with Crippen LogP contribution in [0.25, 0.3) is 11.1 Å². The van der Waals surface area contributed by atoms with Crippen molar-refractivity contribution in [1.29, 1.82) is 0 Å². The third kappa shape index (κ3) is 5.93. The van der Waals surface area contributed by atoms with E-state index in [1.165, 1.54) is 12.1 Å². The van der Waals surface area contributed by atoms with Crippen LogP contribution in [0.4, 0.5) is 4.39 Å². The minimum atomic E-state index is -0.373. The fraction of sp³-hybridized carbons (Fsp3) is 0.364. The van der Waals surface area contributed by atoms with E-state index in [2.05, 4.69) is 0 Å². The van der Waals surface area contributed by atoms with E-state index >= 15 is 0 Å². The van der Waals surface area contributed by atoms with Crippen molar-refractivity contribution >= 4 is 24.3 Å². The molecule has 6 nitrogen and oxygen atoms in total. The van der Waals surface area contributed by atoms with Gasteiger partial charge in [-0.25, -0.2) is 9.38 Å². The average Bonchev–Trinajstić information content (AvgIpc) is 2.72. The lowest BCUT2D eigenvalue weighted by Gasteiger charge is -2.31. The summed E-state index contributed by atoms with van der Waals surface area (Å²) in [4.78, 5) is 14.5. The Kier molecular flexibility index (Phi) is 8.62. The Labute approximate surface area is 181 Å². The molecule has 0 aromatic heterocycles. The zero-order valence-corrected chi connectivity index (χ0v) is 18.2. The van der Waals surface area contributed by atoms with Crippen LogP contribution in [0, 0.1) is 5.82 Å². The molecule has 1 heterocycles. The van der Waals surface area contributed by atoms with Gasteiger partial charge in [-0.1, -0.05) is 17.7 Å². The third-order valence-corrected chi connectivity index (χ3v) is 4.95. The number of fused-ring (bicyclic) bond motifs is 1. The first-order valence-electron chi connectivity index (χ1n) is 9.43. The van der Waals surface area contributed by atoms with Gasteiger partial charge in [-0.05, 0) is 41.5 Å². The van der Waals surface area contributed by atoms with Crippen LogP contribution in [0.3, 0.4) is 0 Å². The summed E-state index contributed by atoms with van der Waals surface area (Å²) in [6, 6.07) is 10.1. The van der Waals surface area contributed by atoms with Crippen molar-refractivity contribution in [2.24, 2.45) is 10.7 Å². The van der Waals surface area contributed by atoms with Crippen molar-refractivity contribution in [2.45, 2.75) is 25.0 Å². The van der Waals surface area contributed by atoms with Crippen molar-refractivity contribution in [3.05, 3.63) is 52.8 Å². The normalized spacial score (nSPS) is 18.0. The molecule has 0 saturated heterocycles. The lowest BCUT2D eigenvalue weighted by molar-refractivity contribution is -0.0979. The quantitative estimate of drug-likeness (QED) is 0.566. The van der Waals surface area contributed by atoms with Gasteiger partial charge in [-0.15, -0.1) is 0 Å². The molecule has 8 heteroatoms. The minimum Gasteiger partial charge on any atom is -0.490 e. The van der Waals surface area contributed by atoms with Gasteiger partial charge in [-0.2, -0.15) is 0 Å². The van der Waals surface area contributed by atoms with Crippen LogP contribution in [0.15, 0.2) is 41.4 Å². The van der Waals surface area contributed by atoms with Crippen molar-refractivity contribution in [1.82, 2.24) is 4.90 Å². The Bertz CT molecular complexity index is 872. The van der Waals surface area contributed by atoms with Crippen molar-refractivity contribution in [3.8, 4) is 16.9 Å². The fourth-order valence-corrected chi connectivity index (χ4v) is 3.47. The Morgan fingerprint density at radius 3 is 2.67 bits per heavy atom. The number of hydrogen-bond donors (Lipinski definition) is 1. The monoisotopic (exact) mass is 435 g/mol. The van der Waals surface area contributed by atoms with Gasteiger partial charge in [0.1, 0.15) is 24.5 Å². The number of guanidine groups is 1. The van der Waals surface area contributed by atoms with Gasteiger partial charge >= 0.3 is 0 Å². The van der Waals surface area contributed by atoms with E-state index in [9.17, 15) is 4.39 Å². The highest BCUT2D eigenvalue weighted by atomic mass is 35.5. The first kappa shape index (κ1) is 23.6. The summed E-state index contributed by atoms with van der Waals surface area (Å²) < 4.78 is 25.1. The average molecular weight is 436 g/mol. The Morgan fingerprint density at radius 1 is 1.30 bits per heavy atom. The Balaban J connectivity index is 0.00000155. The predicted octanol–water partition coefficient (Wildman–Crippen LogP) is 4.07. The number of aliphatic imine (C=N–C) groups is 1. The highest BCUT2D eigenvalue weighted by Crippen LogP contribution is 2.40. The lowest BCUT2D eigenvalue weighted by atomic mass is 9.92. The summed E-state index contributed by atoms with van der Waals surface area (Å²) in [7, 11) is 5.38. The molecule has 0 unspecified atom stereocenters. The minimum absolute atomic E-state index is 0.00868. The van der Waals surface area contributed by atoms with E-state index < -0.39 is 0 Å². The number of methoxy groups -OCH3 is 1. The molecule has 2 aromatic rings. The number of halogens is 2. The lowest BCUT2D eigenvalue weighted by Crippen LogP contribution is -2.33. The van der Waals surface area contributed by atoms with Crippen LogP contribution >= 0.6 is 11.6 Å². The van der Waals surface area contributed by atoms with Gasteiger partial charge in [0.15, 0.2) is 5.96 Å². The molecule has 0 radical (unpaired) electrons. The van der Waals surface area contributed by atoms with Crippen LogP contribution in [0.5, 0.6) is 5.75 Å². The molecule has 1 aliphatic rings. The predicted molar refractivity (Wildman–Crippen MR) is 118 cm³/mol. The smallest absolute Gasteiger partial charge is 0.191 e. The third-order valence-electron chi connectivity index (χ3n) is 4.73. The first-order valence-corrected chi connectivity index (χ1v) is 9.80. The van der Waals surface area contributed by atoms with Gasteiger partial charge in [-0.3, -0.25) is 0 Å². The summed E-state index contributed by atoms with van der Waals surface area (Å²) in [6.07, 6.45) is 1.45. The molecule has 0 saturated carbocycles. The largest absolute Gasteiger partial charge is 0.490 e. The first-order chi connectivity index (χ1) is 14.4. The molecule has 0 spiro atoms. The molecule has 2 aromatic carbocycles. The molecule has 30 heavy (non-hydrogen) atoms. The van der Waals surface area contributed by atoms with E-state index in [-0.39, 0.29) is 18.0 Å². The molecule has 0 fully saturated rings. The molecule has 3 rings (SSSR count). The summed E-state index contributed by atoms with van der Waals surface area (Å²) >= 11 is 6.02. The fourth-order valence-electron chi connectivity index (χ4n) is 3.24. The molecular formula is C22H27ClFN3O3. The number of hydrogen-bond acceptors (Lipinski definition) is 4. The van der Waals surface area contributed by atoms with Crippen LogP contribution in [-0.2, 0) is 9.53 Å². The number of benzene rings is 2. The van der Waals surface area contributed by atoms with Gasteiger partial charge in [0, 0.05) is 51.2 Å². The van der Waals surface area contributed by atoms with Crippen LogP contribution in [-0.4, -0.2) is 51.6 Å². The molecule has 2 atom stereocenters. The second kappa shape index (κ2) is 10.9. The van der Waals surface area contributed by atoms with E-state index in [1.54, 1.807) is 18.1 Å². The number of nitrogens with zero attached hydrogens (tertiary/aromatic N) is 2.